The standard InChI is InChI=1S/C37H35BClFN6O2/c1-22-17-25(18-28-34(22)44-36(48)37(28)13-14-37)35(47)42-27-9-10-32-31(20-27)43-33(46(32)38)21-45-15-11-24(12-16-45)30(41-2)6-4-3-5-23-7-8-26(39)19-29(23)40/h3-4,6-8,10-11,17-20,27H,2,5,9,12-16,21H2,1H3,(H,42,47)(H,44,48)/b4-3-,30-6-. The zero-order chi connectivity index (χ0) is 33.6. The number of fused-ring (bicyclic) bond motifs is 3. The number of aryl methyl sites for hydroxylation is 1. The number of anilines is 1. The van der Waals surface area contributed by atoms with Crippen LogP contribution < -0.4 is 21.3 Å². The van der Waals surface area contributed by atoms with E-state index in [-0.39, 0.29) is 23.7 Å². The van der Waals surface area contributed by atoms with Crippen molar-refractivity contribution >= 4 is 56.0 Å². The van der Waals surface area contributed by atoms with Crippen LogP contribution in [0.2, 0.25) is 5.02 Å². The zero-order valence-corrected chi connectivity index (χ0v) is 27.5. The minimum absolute atomic E-state index is 0.0413. The van der Waals surface area contributed by atoms with Gasteiger partial charge in [0.05, 0.1) is 34.4 Å². The van der Waals surface area contributed by atoms with Gasteiger partial charge in [-0.3, -0.25) is 19.5 Å². The first-order valence-electron chi connectivity index (χ1n) is 16.2. The molecule has 0 bridgehead atoms. The lowest BCUT2D eigenvalue weighted by Crippen LogP contribution is -2.41. The minimum Gasteiger partial charge on any atom is -0.384 e. The Balaban J connectivity index is 0.980. The second-order valence-electron chi connectivity index (χ2n) is 12.9. The molecule has 7 rings (SSSR count). The average molecular weight is 661 g/mol. The largest absolute Gasteiger partial charge is 0.384 e. The molecule has 1 saturated carbocycles. The Labute approximate surface area is 284 Å². The second-order valence-corrected chi connectivity index (χ2v) is 13.3. The number of allylic oxidation sites excluding steroid dienone is 4. The van der Waals surface area contributed by atoms with Crippen molar-refractivity contribution in [1.82, 2.24) is 19.7 Å². The number of halogens is 2. The molecule has 1 aromatic heterocycles. The van der Waals surface area contributed by atoms with Crippen LogP contribution in [-0.4, -0.2) is 60.0 Å². The van der Waals surface area contributed by atoms with Crippen LogP contribution in [0.3, 0.4) is 0 Å². The summed E-state index contributed by atoms with van der Waals surface area (Å²) in [4.78, 5) is 37.2. The van der Waals surface area contributed by atoms with Crippen LogP contribution in [0.4, 0.5) is 10.1 Å². The highest BCUT2D eigenvalue weighted by atomic mass is 35.5. The lowest BCUT2D eigenvalue weighted by molar-refractivity contribution is -0.117. The number of amides is 2. The van der Waals surface area contributed by atoms with Gasteiger partial charge in [0.2, 0.25) is 13.9 Å². The number of rotatable bonds is 9. The Kier molecular flexibility index (Phi) is 8.56. The van der Waals surface area contributed by atoms with Gasteiger partial charge in [-0.1, -0.05) is 42.0 Å². The molecule has 2 aromatic carbocycles. The van der Waals surface area contributed by atoms with E-state index in [1.54, 1.807) is 16.6 Å². The number of aliphatic imine (C=N–C) groups is 1. The molecule has 1 fully saturated rings. The van der Waals surface area contributed by atoms with Gasteiger partial charge in [-0.25, -0.2) is 9.37 Å². The molecule has 1 atom stereocenters. The summed E-state index contributed by atoms with van der Waals surface area (Å²) < 4.78 is 15.7. The normalized spacial score (nSPS) is 19.6. The predicted molar refractivity (Wildman–Crippen MR) is 188 cm³/mol. The van der Waals surface area contributed by atoms with E-state index in [0.717, 1.165) is 70.4 Å². The van der Waals surface area contributed by atoms with Crippen molar-refractivity contribution < 1.29 is 14.0 Å². The highest BCUT2D eigenvalue weighted by Crippen LogP contribution is 2.56. The number of benzene rings is 2. The molecule has 48 heavy (non-hydrogen) atoms. The number of nitrogens with one attached hydrogen (secondary N) is 2. The van der Waals surface area contributed by atoms with E-state index in [0.29, 0.717) is 42.1 Å². The monoisotopic (exact) mass is 660 g/mol. The summed E-state index contributed by atoms with van der Waals surface area (Å²) in [5.74, 6) is 0.290. The maximum Gasteiger partial charge on any atom is 0.251 e. The number of aromatic nitrogens is 2. The van der Waals surface area contributed by atoms with E-state index in [1.165, 1.54) is 6.07 Å². The van der Waals surface area contributed by atoms with Crippen LogP contribution in [-0.2, 0) is 23.2 Å². The van der Waals surface area contributed by atoms with Gasteiger partial charge >= 0.3 is 0 Å². The summed E-state index contributed by atoms with van der Waals surface area (Å²) in [6, 6.07) is 8.17. The molecule has 2 amide bonds. The van der Waals surface area contributed by atoms with E-state index in [9.17, 15) is 14.0 Å². The number of hydrogen-bond donors (Lipinski definition) is 2. The van der Waals surface area contributed by atoms with Gasteiger partial charge in [-0.2, -0.15) is 0 Å². The van der Waals surface area contributed by atoms with Crippen molar-refractivity contribution in [2.45, 2.75) is 57.0 Å². The van der Waals surface area contributed by atoms with Gasteiger partial charge in [0, 0.05) is 29.4 Å². The van der Waals surface area contributed by atoms with E-state index < -0.39 is 5.41 Å². The molecule has 2 aliphatic carbocycles. The van der Waals surface area contributed by atoms with Crippen LogP contribution in [0.15, 0.2) is 70.9 Å². The van der Waals surface area contributed by atoms with Crippen LogP contribution >= 0.6 is 11.6 Å². The molecular formula is C37H35BClFN6O2. The van der Waals surface area contributed by atoms with Gasteiger partial charge in [0.1, 0.15) is 11.6 Å². The maximum atomic E-state index is 14.1. The third-order valence-corrected chi connectivity index (χ3v) is 9.96. The molecule has 2 radical (unpaired) electrons. The first-order chi connectivity index (χ1) is 23.1. The quantitative estimate of drug-likeness (QED) is 0.205. The fraction of sp³-hybridized carbons (Fsp3) is 0.297. The molecule has 2 aliphatic heterocycles. The highest BCUT2D eigenvalue weighted by molar-refractivity contribution is 6.30. The summed E-state index contributed by atoms with van der Waals surface area (Å²) in [5, 5.41) is 8.10. The van der Waals surface area contributed by atoms with Crippen molar-refractivity contribution in [3.05, 3.63) is 116 Å². The minimum atomic E-state index is -0.452. The van der Waals surface area contributed by atoms with Crippen LogP contribution in [0.5, 0.6) is 0 Å². The summed E-state index contributed by atoms with van der Waals surface area (Å²) in [6.07, 6.45) is 15.3. The van der Waals surface area contributed by atoms with Gasteiger partial charge < -0.3 is 15.1 Å². The van der Waals surface area contributed by atoms with Crippen molar-refractivity contribution in [1.29, 1.82) is 0 Å². The van der Waals surface area contributed by atoms with E-state index in [4.69, 9.17) is 24.6 Å². The third kappa shape index (κ3) is 6.10. The fourth-order valence-electron chi connectivity index (χ4n) is 6.83. The van der Waals surface area contributed by atoms with Gasteiger partial charge in [0.15, 0.2) is 0 Å². The maximum absolute atomic E-state index is 14.1. The number of carbonyl (C=O) groups excluding carboxylic acids is 2. The number of hydrogen-bond acceptors (Lipinski definition) is 5. The molecule has 1 spiro atoms. The summed E-state index contributed by atoms with van der Waals surface area (Å²) in [7, 11) is 6.48. The van der Waals surface area contributed by atoms with Crippen molar-refractivity contribution in [3.8, 4) is 0 Å². The van der Waals surface area contributed by atoms with Gasteiger partial charge in [-0.15, -0.1) is 0 Å². The molecule has 3 aromatic rings. The van der Waals surface area contributed by atoms with Crippen LogP contribution in [0.25, 0.3) is 12.2 Å². The third-order valence-electron chi connectivity index (χ3n) is 9.73. The Hall–Kier alpha value is -4.54. The number of nitrogens with zero attached hydrogens (tertiary/aromatic N) is 4. The van der Waals surface area contributed by atoms with Crippen LogP contribution in [0.1, 0.15) is 58.6 Å². The number of imidazole rings is 1. The molecule has 1 unspecified atom stereocenters. The molecular weight excluding hydrogens is 626 g/mol. The molecule has 2 N–H and O–H groups in total. The van der Waals surface area contributed by atoms with Crippen molar-refractivity contribution in [2.75, 3.05) is 18.4 Å². The first kappa shape index (κ1) is 32.0. The van der Waals surface area contributed by atoms with E-state index >= 15 is 0 Å². The lowest BCUT2D eigenvalue weighted by Gasteiger charge is -2.26. The van der Waals surface area contributed by atoms with Crippen molar-refractivity contribution in [3.63, 3.8) is 0 Å². The summed E-state index contributed by atoms with van der Waals surface area (Å²) in [6.45, 7) is 7.74. The predicted octanol–water partition coefficient (Wildman–Crippen LogP) is 4.18. The fourth-order valence-corrected chi connectivity index (χ4v) is 6.99. The Bertz CT molecular complexity index is 2080. The zero-order valence-electron chi connectivity index (χ0n) is 26.7. The smallest absolute Gasteiger partial charge is 0.251 e. The Morgan fingerprint density at radius 2 is 2.12 bits per heavy atom. The topological polar surface area (TPSA) is 91.6 Å². The highest BCUT2D eigenvalue weighted by Gasteiger charge is 2.56. The van der Waals surface area contributed by atoms with E-state index in [2.05, 4.69) is 33.3 Å². The molecule has 3 heterocycles. The average Bonchev–Trinajstić information content (AvgIpc) is 3.76. The van der Waals surface area contributed by atoms with Crippen LogP contribution in [0, 0.1) is 12.7 Å². The molecule has 11 heteroatoms. The number of carbonyl (C=O) groups is 2. The summed E-state index contributed by atoms with van der Waals surface area (Å²) in [5.41, 5.74) is 5.28. The van der Waals surface area contributed by atoms with Crippen molar-refractivity contribution in [2.24, 2.45) is 4.99 Å². The lowest BCUT2D eigenvalue weighted by atomic mass is 9.93. The molecule has 0 saturated heterocycles. The summed E-state index contributed by atoms with van der Waals surface area (Å²) >= 11 is 5.84. The SMILES string of the molecule is [B]n1c(CN2CC=C(/C(=C/C=C\Cc3ccc(Cl)cc3F)N=C)CC2)nc2c1=CCC(NC(=O)c1cc(C)c3c(c1)C1(CC1)C(=O)N3)C=2. The van der Waals surface area contributed by atoms with Gasteiger partial charge in [-0.05, 0) is 104 Å². The molecule has 8 nitrogen and oxygen atoms in total. The van der Waals surface area contributed by atoms with E-state index in [1.807, 2.05) is 49.4 Å². The Morgan fingerprint density at radius 1 is 1.29 bits per heavy atom. The van der Waals surface area contributed by atoms with Gasteiger partial charge in [0.25, 0.3) is 5.91 Å². The molecule has 242 valence electrons. The molecule has 4 aliphatic rings. The Morgan fingerprint density at radius 3 is 2.85 bits per heavy atom. The second kappa shape index (κ2) is 12.8. The first-order valence-corrected chi connectivity index (χ1v) is 16.5.